The lowest BCUT2D eigenvalue weighted by Crippen LogP contribution is -2.29. The molecule has 0 bridgehead atoms. The Kier molecular flexibility index (Phi) is 1.13. The molecular formula is C7H6BNO2. The summed E-state index contributed by atoms with van der Waals surface area (Å²) in [6.07, 6.45) is 0. The largest absolute Gasteiger partial charge is 0.487 e. The van der Waals surface area contributed by atoms with Gasteiger partial charge in [0.2, 0.25) is 0 Å². The van der Waals surface area contributed by atoms with E-state index in [2.05, 4.69) is 4.85 Å². The summed E-state index contributed by atoms with van der Waals surface area (Å²) in [7, 11) is -2.09. The summed E-state index contributed by atoms with van der Waals surface area (Å²) in [6.45, 7) is 6.71. The highest BCUT2D eigenvalue weighted by Crippen LogP contribution is 2.07. The molecule has 1 aromatic carbocycles. The molecule has 0 aliphatic carbocycles. The van der Waals surface area contributed by atoms with Crippen LogP contribution in [0.2, 0.25) is 0 Å². The number of hydrogen-bond donors (Lipinski definition) is 2. The van der Waals surface area contributed by atoms with Crippen molar-refractivity contribution in [1.82, 2.24) is 0 Å². The predicted molar refractivity (Wildman–Crippen MR) is 42.5 cm³/mol. The van der Waals surface area contributed by atoms with Gasteiger partial charge < -0.3 is 10.0 Å². The number of benzene rings is 1. The number of rotatable bonds is 1. The summed E-state index contributed by atoms with van der Waals surface area (Å²) >= 11 is 0. The minimum atomic E-state index is -2.09. The Hall–Kier alpha value is -1.31. The van der Waals surface area contributed by atoms with E-state index in [9.17, 15) is 0 Å². The molecule has 0 heterocycles. The summed E-state index contributed by atoms with van der Waals surface area (Å²) in [5.41, 5.74) is -0.957. The normalized spacial score (nSPS) is 13.9. The van der Waals surface area contributed by atoms with Gasteiger partial charge >= 0.3 is 7.12 Å². The molecule has 0 saturated heterocycles. The first-order valence-electron chi connectivity index (χ1n) is 4.75. The second kappa shape index (κ2) is 3.19. The van der Waals surface area contributed by atoms with E-state index in [0.717, 1.165) is 0 Å². The molecule has 1 rings (SSSR count). The second-order valence-corrected chi connectivity index (χ2v) is 1.75. The molecule has 54 valence electrons. The molecular weight excluding hydrogens is 141 g/mol. The highest BCUT2D eigenvalue weighted by Gasteiger charge is 2.09. The Morgan fingerprint density at radius 1 is 1.55 bits per heavy atom. The summed E-state index contributed by atoms with van der Waals surface area (Å²) in [5, 5.41) is 17.8. The fraction of sp³-hybridized carbons (Fsp3) is 0. The average molecular weight is 151 g/mol. The first kappa shape index (κ1) is 3.91. The fourth-order valence-corrected chi connectivity index (χ4v) is 0.533. The molecule has 0 aliphatic rings. The third-order valence-electron chi connectivity index (χ3n) is 1.00. The van der Waals surface area contributed by atoms with Gasteiger partial charge in [-0.05, 0) is 5.46 Å². The van der Waals surface area contributed by atoms with Crippen molar-refractivity contribution in [3.05, 3.63) is 35.6 Å². The van der Waals surface area contributed by atoms with Gasteiger partial charge in [0.15, 0.2) is 5.69 Å². The molecule has 0 spiro atoms. The quantitative estimate of drug-likeness (QED) is 0.435. The van der Waals surface area contributed by atoms with Crippen LogP contribution in [0.3, 0.4) is 0 Å². The molecule has 0 aliphatic heterocycles. The van der Waals surface area contributed by atoms with E-state index in [0.29, 0.717) is 0 Å². The van der Waals surface area contributed by atoms with Gasteiger partial charge in [-0.15, -0.1) is 0 Å². The summed E-state index contributed by atoms with van der Waals surface area (Å²) < 4.78 is 29.3. The zero-order valence-electron chi connectivity index (χ0n) is 9.42. The molecule has 1 aromatic rings. The molecule has 0 saturated carbocycles. The van der Waals surface area contributed by atoms with Gasteiger partial charge in [0.05, 0.1) is 9.31 Å². The minimum Gasteiger partial charge on any atom is -0.423 e. The monoisotopic (exact) mass is 151 g/mol. The lowest BCUT2D eigenvalue weighted by Gasteiger charge is -1.97. The first-order valence-corrected chi connectivity index (χ1v) is 2.75. The zero-order chi connectivity index (χ0) is 11.7. The summed E-state index contributed by atoms with van der Waals surface area (Å²) in [5.74, 6) is 0. The minimum absolute atomic E-state index is 0.445. The Balaban J connectivity index is 3.70. The van der Waals surface area contributed by atoms with Crippen molar-refractivity contribution < 1.29 is 15.5 Å². The molecule has 2 N–H and O–H groups in total. The number of hydrogen-bond acceptors (Lipinski definition) is 2. The van der Waals surface area contributed by atoms with Crippen LogP contribution in [-0.4, -0.2) is 17.2 Å². The van der Waals surface area contributed by atoms with E-state index in [-0.39, 0.29) is 0 Å². The first-order chi connectivity index (χ1) is 6.91. The molecule has 3 nitrogen and oxygen atoms in total. The average Bonchev–Trinajstić information content (AvgIpc) is 2.15. The molecule has 0 radical (unpaired) electrons. The predicted octanol–water partition coefficient (Wildman–Crippen LogP) is -0.0828. The van der Waals surface area contributed by atoms with Crippen molar-refractivity contribution in [2.45, 2.75) is 0 Å². The van der Waals surface area contributed by atoms with Crippen LogP contribution in [0.15, 0.2) is 24.2 Å². The van der Waals surface area contributed by atoms with E-state index < -0.39 is 42.4 Å². The molecule has 0 fully saturated rings. The Labute approximate surface area is 70.5 Å². The van der Waals surface area contributed by atoms with E-state index in [1.54, 1.807) is 0 Å². The standard InChI is InChI=1S/C7H6BNO2/c1-9-7-4-2-3-6(5-7)8(10)11/h2-5,10-11H/i2D,3D,4D,5D. The SMILES string of the molecule is [2H]c1c([2H])c([N+]#[C-])c([2H])c(B(O)O)c1[2H]. The van der Waals surface area contributed by atoms with Gasteiger partial charge in [0, 0.05) is 2.74 Å². The maximum Gasteiger partial charge on any atom is 0.487 e. The van der Waals surface area contributed by atoms with Crippen molar-refractivity contribution in [1.29, 1.82) is 0 Å². The lowest BCUT2D eigenvalue weighted by molar-refractivity contribution is 0.426. The molecule has 0 amide bonds. The Morgan fingerprint density at radius 3 is 2.82 bits per heavy atom. The maximum atomic E-state index is 8.89. The lowest BCUT2D eigenvalue weighted by atomic mass is 9.80. The third-order valence-corrected chi connectivity index (χ3v) is 1.00. The molecule has 0 unspecified atom stereocenters. The van der Waals surface area contributed by atoms with Crippen LogP contribution in [0.1, 0.15) is 5.48 Å². The molecule has 0 aromatic heterocycles. The van der Waals surface area contributed by atoms with Crippen LogP contribution < -0.4 is 5.46 Å². The van der Waals surface area contributed by atoms with Crippen LogP contribution >= 0.6 is 0 Å². The zero-order valence-corrected chi connectivity index (χ0v) is 5.42. The second-order valence-electron chi connectivity index (χ2n) is 1.75. The summed E-state index contributed by atoms with van der Waals surface area (Å²) in [4.78, 5) is 2.86. The van der Waals surface area contributed by atoms with Gasteiger partial charge in [-0.1, -0.05) is 24.2 Å². The molecule has 11 heavy (non-hydrogen) atoms. The van der Waals surface area contributed by atoms with E-state index >= 15 is 0 Å². The van der Waals surface area contributed by atoms with Gasteiger partial charge in [-0.2, -0.15) is 0 Å². The molecule has 4 heteroatoms. The molecule has 0 atom stereocenters. The van der Waals surface area contributed by atoms with E-state index in [1.807, 2.05) is 0 Å². The maximum absolute atomic E-state index is 8.89. The van der Waals surface area contributed by atoms with Crippen LogP contribution in [0, 0.1) is 6.57 Å². The van der Waals surface area contributed by atoms with Crippen molar-refractivity contribution in [3.8, 4) is 0 Å². The van der Waals surface area contributed by atoms with Crippen LogP contribution in [0.4, 0.5) is 5.69 Å². The van der Waals surface area contributed by atoms with E-state index in [4.69, 9.17) is 22.1 Å². The fourth-order valence-electron chi connectivity index (χ4n) is 0.533. The summed E-state index contributed by atoms with van der Waals surface area (Å²) in [6, 6.07) is -2.30. The highest BCUT2D eigenvalue weighted by molar-refractivity contribution is 6.58. The smallest absolute Gasteiger partial charge is 0.423 e. The third kappa shape index (κ3) is 1.80. The van der Waals surface area contributed by atoms with Gasteiger partial charge in [-0.25, -0.2) is 4.85 Å². The van der Waals surface area contributed by atoms with Gasteiger partial charge in [0.25, 0.3) is 0 Å². The van der Waals surface area contributed by atoms with Crippen LogP contribution in [-0.2, 0) is 0 Å². The van der Waals surface area contributed by atoms with E-state index in [1.165, 1.54) is 0 Å². The van der Waals surface area contributed by atoms with Crippen molar-refractivity contribution >= 4 is 18.3 Å². The number of nitrogens with zero attached hydrogens (tertiary/aromatic N) is 1. The van der Waals surface area contributed by atoms with Crippen molar-refractivity contribution in [2.75, 3.05) is 0 Å². The van der Waals surface area contributed by atoms with Crippen molar-refractivity contribution in [3.63, 3.8) is 0 Å². The topological polar surface area (TPSA) is 44.8 Å². The highest BCUT2D eigenvalue weighted by atomic mass is 16.4. The van der Waals surface area contributed by atoms with Crippen LogP contribution in [0.25, 0.3) is 4.85 Å². The van der Waals surface area contributed by atoms with Gasteiger partial charge in [-0.3, -0.25) is 0 Å². The van der Waals surface area contributed by atoms with Crippen molar-refractivity contribution in [2.24, 2.45) is 0 Å². The Morgan fingerprint density at radius 2 is 2.27 bits per heavy atom. The van der Waals surface area contributed by atoms with Crippen LogP contribution in [0.5, 0.6) is 0 Å². The van der Waals surface area contributed by atoms with Gasteiger partial charge in [0.1, 0.15) is 0 Å². The Bertz CT molecular complexity index is 458.